The van der Waals surface area contributed by atoms with E-state index in [1.165, 1.54) is 18.3 Å². The van der Waals surface area contributed by atoms with Crippen molar-refractivity contribution in [3.8, 4) is 0 Å². The highest BCUT2D eigenvalue weighted by molar-refractivity contribution is 6.32. The summed E-state index contributed by atoms with van der Waals surface area (Å²) in [5.74, 6) is 5.53. The molecule has 0 aliphatic carbocycles. The molecule has 0 aromatic carbocycles. The molecule has 1 rings (SSSR count). The summed E-state index contributed by atoms with van der Waals surface area (Å²) in [6.45, 7) is 0.0661. The molecule has 1 aromatic heterocycles. The van der Waals surface area contributed by atoms with Crippen LogP contribution in [0.4, 0.5) is 5.69 Å². The smallest absolute Gasteiger partial charge is 0.287 e. The molecule has 0 amide bonds. The number of aromatic nitrogens is 2. The van der Waals surface area contributed by atoms with E-state index in [0.29, 0.717) is 5.69 Å². The monoisotopic (exact) mass is 218 g/mol. The van der Waals surface area contributed by atoms with Crippen LogP contribution in [0.5, 0.6) is 0 Å². The Bertz CT molecular complexity index is 378. The number of aryl methyl sites for hydroxylation is 1. The molecule has 0 radical (unpaired) electrons. The summed E-state index contributed by atoms with van der Waals surface area (Å²) in [6, 6.07) is 0. The minimum absolute atomic E-state index is 0.00144. The highest BCUT2D eigenvalue weighted by atomic mass is 35.5. The van der Waals surface area contributed by atoms with Gasteiger partial charge in [-0.1, -0.05) is 11.6 Å². The Morgan fingerprint density at radius 2 is 2.43 bits per heavy atom. The van der Waals surface area contributed by atoms with Crippen molar-refractivity contribution >= 4 is 17.3 Å². The number of anilines is 1. The summed E-state index contributed by atoms with van der Waals surface area (Å²) in [4.78, 5) is 11.3. The van der Waals surface area contributed by atoms with Gasteiger partial charge < -0.3 is 10.1 Å². The van der Waals surface area contributed by atoms with Crippen molar-refractivity contribution in [1.29, 1.82) is 0 Å². The third-order valence-electron chi connectivity index (χ3n) is 1.71. The van der Waals surface area contributed by atoms with Gasteiger partial charge in [-0.25, -0.2) is 10.5 Å². The van der Waals surface area contributed by atoms with E-state index in [1.54, 1.807) is 0 Å². The predicted molar refractivity (Wildman–Crippen MR) is 53.1 cm³/mol. The van der Waals surface area contributed by atoms with Crippen molar-refractivity contribution in [2.75, 3.05) is 18.2 Å². The minimum atomic E-state index is -0.419. The maximum absolute atomic E-state index is 11.3. The third-order valence-corrected chi connectivity index (χ3v) is 2.07. The standard InChI is InChI=1S/C7H11ClN4O2/c1-11-7(14)6(8)5(4-10-11)12(9)2-3-13/h4,13H,2-3,9H2,1H3. The van der Waals surface area contributed by atoms with E-state index in [2.05, 4.69) is 5.10 Å². The maximum Gasteiger partial charge on any atom is 0.287 e. The summed E-state index contributed by atoms with van der Waals surface area (Å²) in [5, 5.41) is 13.6. The number of hydrazine groups is 1. The lowest BCUT2D eigenvalue weighted by Gasteiger charge is -2.17. The molecule has 7 heteroatoms. The average Bonchev–Trinajstić information content (AvgIpc) is 2.15. The van der Waals surface area contributed by atoms with Crippen molar-refractivity contribution in [3.63, 3.8) is 0 Å². The third kappa shape index (κ3) is 2.03. The van der Waals surface area contributed by atoms with Gasteiger partial charge in [-0.2, -0.15) is 5.10 Å². The predicted octanol–water partition coefficient (Wildman–Crippen LogP) is -0.894. The van der Waals surface area contributed by atoms with Crippen molar-refractivity contribution in [3.05, 3.63) is 21.6 Å². The van der Waals surface area contributed by atoms with Gasteiger partial charge in [-0.05, 0) is 0 Å². The van der Waals surface area contributed by atoms with Crippen LogP contribution in [0.3, 0.4) is 0 Å². The Hall–Kier alpha value is -1.11. The van der Waals surface area contributed by atoms with Gasteiger partial charge in [0.05, 0.1) is 25.0 Å². The Morgan fingerprint density at radius 3 is 3.00 bits per heavy atom. The van der Waals surface area contributed by atoms with E-state index in [9.17, 15) is 4.79 Å². The lowest BCUT2D eigenvalue weighted by molar-refractivity contribution is 0.302. The molecule has 0 saturated heterocycles. The second-order valence-corrected chi connectivity index (χ2v) is 3.07. The van der Waals surface area contributed by atoms with Crippen LogP contribution in [0.1, 0.15) is 0 Å². The first-order valence-corrected chi connectivity index (χ1v) is 4.30. The van der Waals surface area contributed by atoms with Crippen LogP contribution in [-0.4, -0.2) is 28.0 Å². The molecule has 0 bridgehead atoms. The first kappa shape index (κ1) is 11.0. The quantitative estimate of drug-likeness (QED) is 0.508. The Labute approximate surface area is 85.5 Å². The van der Waals surface area contributed by atoms with Crippen molar-refractivity contribution < 1.29 is 5.11 Å². The van der Waals surface area contributed by atoms with E-state index >= 15 is 0 Å². The van der Waals surface area contributed by atoms with E-state index in [4.69, 9.17) is 22.6 Å². The van der Waals surface area contributed by atoms with Crippen LogP contribution in [0.25, 0.3) is 0 Å². The summed E-state index contributed by atoms with van der Waals surface area (Å²) in [5.41, 5.74) is -0.110. The molecule has 0 unspecified atom stereocenters. The molecule has 0 atom stereocenters. The molecule has 0 fully saturated rings. The second kappa shape index (κ2) is 4.41. The molecule has 78 valence electrons. The van der Waals surface area contributed by atoms with E-state index < -0.39 is 5.56 Å². The fraction of sp³-hybridized carbons (Fsp3) is 0.429. The van der Waals surface area contributed by atoms with Crippen LogP contribution >= 0.6 is 11.6 Å². The van der Waals surface area contributed by atoms with Gasteiger partial charge in [-0.3, -0.25) is 4.79 Å². The van der Waals surface area contributed by atoms with Gasteiger partial charge in [0, 0.05) is 7.05 Å². The van der Waals surface area contributed by atoms with E-state index in [0.717, 1.165) is 4.68 Å². The van der Waals surface area contributed by atoms with Gasteiger partial charge in [0.1, 0.15) is 5.02 Å². The largest absolute Gasteiger partial charge is 0.394 e. The Kier molecular flexibility index (Phi) is 3.45. The van der Waals surface area contributed by atoms with Crippen molar-refractivity contribution in [1.82, 2.24) is 9.78 Å². The minimum Gasteiger partial charge on any atom is -0.394 e. The number of nitrogens with two attached hydrogens (primary N) is 1. The maximum atomic E-state index is 11.3. The zero-order chi connectivity index (χ0) is 10.7. The Morgan fingerprint density at radius 1 is 1.79 bits per heavy atom. The van der Waals surface area contributed by atoms with Gasteiger partial charge in [-0.15, -0.1) is 0 Å². The van der Waals surface area contributed by atoms with E-state index in [-0.39, 0.29) is 18.2 Å². The SMILES string of the molecule is Cn1ncc(N(N)CCO)c(Cl)c1=O. The van der Waals surface area contributed by atoms with Gasteiger partial charge in [0.25, 0.3) is 5.56 Å². The first-order valence-electron chi connectivity index (χ1n) is 3.93. The van der Waals surface area contributed by atoms with E-state index in [1.807, 2.05) is 0 Å². The first-order chi connectivity index (χ1) is 6.57. The average molecular weight is 219 g/mol. The fourth-order valence-electron chi connectivity index (χ4n) is 0.930. The lowest BCUT2D eigenvalue weighted by Crippen LogP contribution is -2.36. The number of aliphatic hydroxyl groups is 1. The molecule has 6 nitrogen and oxygen atoms in total. The zero-order valence-corrected chi connectivity index (χ0v) is 8.40. The molecule has 0 aliphatic rings. The molecule has 0 saturated carbocycles. The zero-order valence-electron chi connectivity index (χ0n) is 7.64. The topological polar surface area (TPSA) is 84.4 Å². The second-order valence-electron chi connectivity index (χ2n) is 2.69. The number of rotatable bonds is 3. The van der Waals surface area contributed by atoms with Gasteiger partial charge in [0.2, 0.25) is 0 Å². The summed E-state index contributed by atoms with van der Waals surface area (Å²) in [6.07, 6.45) is 1.37. The summed E-state index contributed by atoms with van der Waals surface area (Å²) < 4.78 is 1.11. The highest BCUT2D eigenvalue weighted by Crippen LogP contribution is 2.17. The van der Waals surface area contributed by atoms with Gasteiger partial charge >= 0.3 is 0 Å². The normalized spacial score (nSPS) is 10.3. The van der Waals surface area contributed by atoms with Gasteiger partial charge in [0.15, 0.2) is 0 Å². The highest BCUT2D eigenvalue weighted by Gasteiger charge is 2.11. The summed E-state index contributed by atoms with van der Waals surface area (Å²) >= 11 is 5.75. The van der Waals surface area contributed by atoms with Crippen molar-refractivity contribution in [2.24, 2.45) is 12.9 Å². The molecule has 1 aromatic rings. The number of halogens is 1. The Balaban J connectivity index is 3.11. The molecular formula is C7H11ClN4O2. The molecule has 3 N–H and O–H groups in total. The van der Waals surface area contributed by atoms with Crippen LogP contribution < -0.4 is 16.4 Å². The van der Waals surface area contributed by atoms with Crippen LogP contribution in [0, 0.1) is 0 Å². The molecule has 0 aliphatic heterocycles. The lowest BCUT2D eigenvalue weighted by atomic mass is 10.4. The molecule has 14 heavy (non-hydrogen) atoms. The van der Waals surface area contributed by atoms with Crippen LogP contribution in [0.2, 0.25) is 5.02 Å². The molecule has 1 heterocycles. The fourth-order valence-corrected chi connectivity index (χ4v) is 1.21. The summed E-state index contributed by atoms with van der Waals surface area (Å²) in [7, 11) is 1.49. The molecular weight excluding hydrogens is 208 g/mol. The van der Waals surface area contributed by atoms with Crippen LogP contribution in [-0.2, 0) is 7.05 Å². The van der Waals surface area contributed by atoms with Crippen molar-refractivity contribution in [2.45, 2.75) is 0 Å². The number of hydrogen-bond acceptors (Lipinski definition) is 5. The number of hydrogen-bond donors (Lipinski definition) is 2. The number of aliphatic hydroxyl groups excluding tert-OH is 1. The molecule has 0 spiro atoms. The number of nitrogens with zero attached hydrogens (tertiary/aromatic N) is 3. The van der Waals surface area contributed by atoms with Crippen LogP contribution in [0.15, 0.2) is 11.0 Å².